The maximum atomic E-state index is 12.3. The van der Waals surface area contributed by atoms with Gasteiger partial charge < -0.3 is 20.2 Å². The SMILES string of the molecule is CN(CCc1ccccc1N1CC[C@H](O)C1)C(=O)CCC(=O)Nc1nccs1. The number of carbonyl (C=O) groups is 2. The molecule has 7 nitrogen and oxygen atoms in total. The first-order valence-electron chi connectivity index (χ1n) is 9.47. The summed E-state index contributed by atoms with van der Waals surface area (Å²) in [5.41, 5.74) is 2.29. The van der Waals surface area contributed by atoms with Crippen LogP contribution < -0.4 is 10.2 Å². The summed E-state index contributed by atoms with van der Waals surface area (Å²) in [5, 5.41) is 14.8. The Bertz CT molecular complexity index is 797. The fraction of sp³-hybridized carbons (Fsp3) is 0.450. The zero-order valence-corrected chi connectivity index (χ0v) is 16.8. The zero-order chi connectivity index (χ0) is 19.9. The summed E-state index contributed by atoms with van der Waals surface area (Å²) in [4.78, 5) is 32.1. The van der Waals surface area contributed by atoms with E-state index in [0.29, 0.717) is 18.2 Å². The number of rotatable bonds is 8. The van der Waals surface area contributed by atoms with Gasteiger partial charge in [-0.05, 0) is 24.5 Å². The van der Waals surface area contributed by atoms with Gasteiger partial charge in [0.25, 0.3) is 0 Å². The van der Waals surface area contributed by atoms with E-state index in [0.717, 1.165) is 30.6 Å². The van der Waals surface area contributed by atoms with Crippen molar-refractivity contribution in [3.8, 4) is 0 Å². The monoisotopic (exact) mass is 402 g/mol. The summed E-state index contributed by atoms with van der Waals surface area (Å²) in [7, 11) is 1.77. The highest BCUT2D eigenvalue weighted by atomic mass is 32.1. The molecule has 1 fully saturated rings. The average molecular weight is 403 g/mol. The molecule has 0 radical (unpaired) electrons. The number of likely N-dealkylation sites (N-methyl/N-ethyl adjacent to an activating group) is 1. The minimum Gasteiger partial charge on any atom is -0.391 e. The van der Waals surface area contributed by atoms with Gasteiger partial charge in [-0.25, -0.2) is 4.98 Å². The second-order valence-corrected chi connectivity index (χ2v) is 7.86. The lowest BCUT2D eigenvalue weighted by atomic mass is 10.1. The van der Waals surface area contributed by atoms with Gasteiger partial charge in [0.15, 0.2) is 5.13 Å². The highest BCUT2D eigenvalue weighted by Crippen LogP contribution is 2.25. The molecule has 1 aromatic heterocycles. The summed E-state index contributed by atoms with van der Waals surface area (Å²) in [6.45, 7) is 2.08. The van der Waals surface area contributed by atoms with Gasteiger partial charge >= 0.3 is 0 Å². The number of aliphatic hydroxyl groups excluding tert-OH is 1. The smallest absolute Gasteiger partial charge is 0.226 e. The number of hydrogen-bond acceptors (Lipinski definition) is 6. The minimum atomic E-state index is -0.271. The van der Waals surface area contributed by atoms with E-state index >= 15 is 0 Å². The van der Waals surface area contributed by atoms with E-state index in [1.807, 2.05) is 12.1 Å². The predicted molar refractivity (Wildman–Crippen MR) is 111 cm³/mol. The Hall–Kier alpha value is -2.45. The van der Waals surface area contributed by atoms with Crippen molar-refractivity contribution in [2.24, 2.45) is 0 Å². The Balaban J connectivity index is 1.46. The van der Waals surface area contributed by atoms with Crippen LogP contribution in [0, 0.1) is 0 Å². The second kappa shape index (κ2) is 9.66. The second-order valence-electron chi connectivity index (χ2n) is 6.97. The number of anilines is 2. The minimum absolute atomic E-state index is 0.0524. The molecular weight excluding hydrogens is 376 g/mol. The first-order valence-corrected chi connectivity index (χ1v) is 10.3. The van der Waals surface area contributed by atoms with E-state index in [1.54, 1.807) is 23.5 Å². The Labute approximate surface area is 169 Å². The van der Waals surface area contributed by atoms with Crippen LogP contribution in [0.25, 0.3) is 0 Å². The van der Waals surface area contributed by atoms with Crippen molar-refractivity contribution >= 4 is 34.0 Å². The van der Waals surface area contributed by atoms with Crippen LogP contribution in [0.5, 0.6) is 0 Å². The highest BCUT2D eigenvalue weighted by Gasteiger charge is 2.22. The Morgan fingerprint density at radius 1 is 1.36 bits per heavy atom. The summed E-state index contributed by atoms with van der Waals surface area (Å²) >= 11 is 1.35. The number of thiazole rings is 1. The molecule has 150 valence electrons. The normalized spacial score (nSPS) is 16.2. The fourth-order valence-electron chi connectivity index (χ4n) is 3.28. The van der Waals surface area contributed by atoms with E-state index in [9.17, 15) is 14.7 Å². The number of para-hydroxylation sites is 1. The fourth-order valence-corrected chi connectivity index (χ4v) is 3.83. The molecule has 2 aromatic rings. The van der Waals surface area contributed by atoms with E-state index in [-0.39, 0.29) is 30.8 Å². The molecule has 0 spiro atoms. The van der Waals surface area contributed by atoms with Crippen molar-refractivity contribution in [2.45, 2.75) is 31.8 Å². The first kappa shape index (κ1) is 20.3. The van der Waals surface area contributed by atoms with Gasteiger partial charge in [0.05, 0.1) is 6.10 Å². The van der Waals surface area contributed by atoms with Gasteiger partial charge in [-0.15, -0.1) is 11.3 Å². The average Bonchev–Trinajstić information content (AvgIpc) is 3.36. The number of aliphatic hydroxyl groups is 1. The maximum absolute atomic E-state index is 12.3. The number of amides is 2. The molecule has 0 aliphatic carbocycles. The lowest BCUT2D eigenvalue weighted by molar-refractivity contribution is -0.131. The summed E-state index contributed by atoms with van der Waals surface area (Å²) in [6, 6.07) is 8.13. The van der Waals surface area contributed by atoms with E-state index in [2.05, 4.69) is 27.3 Å². The third-order valence-corrected chi connectivity index (χ3v) is 5.57. The first-order chi connectivity index (χ1) is 13.5. The van der Waals surface area contributed by atoms with Crippen LogP contribution in [-0.4, -0.2) is 59.6 Å². The highest BCUT2D eigenvalue weighted by molar-refractivity contribution is 7.13. The van der Waals surface area contributed by atoms with Gasteiger partial charge in [0, 0.05) is 56.8 Å². The molecule has 0 bridgehead atoms. The van der Waals surface area contributed by atoms with Crippen molar-refractivity contribution in [1.29, 1.82) is 0 Å². The molecule has 1 aliphatic rings. The van der Waals surface area contributed by atoms with Crippen LogP contribution in [0.1, 0.15) is 24.8 Å². The number of hydrogen-bond donors (Lipinski definition) is 2. The number of nitrogens with one attached hydrogen (secondary N) is 1. The molecule has 1 saturated heterocycles. The van der Waals surface area contributed by atoms with Crippen LogP contribution >= 0.6 is 11.3 Å². The van der Waals surface area contributed by atoms with Gasteiger partial charge in [0.1, 0.15) is 0 Å². The summed E-state index contributed by atoms with van der Waals surface area (Å²) in [6.07, 6.45) is 3.19. The lowest BCUT2D eigenvalue weighted by Crippen LogP contribution is -2.30. The van der Waals surface area contributed by atoms with Crippen LogP contribution in [0.15, 0.2) is 35.8 Å². The molecule has 2 heterocycles. The molecular formula is C20H26N4O3S. The number of nitrogens with zero attached hydrogens (tertiary/aromatic N) is 3. The largest absolute Gasteiger partial charge is 0.391 e. The summed E-state index contributed by atoms with van der Waals surface area (Å²) in [5.74, 6) is -0.252. The molecule has 3 rings (SSSR count). The van der Waals surface area contributed by atoms with Gasteiger partial charge in [-0.3, -0.25) is 9.59 Å². The number of β-amino-alcohol motifs (C(OH)–C–C–N with tert-alkyl or cyclic N) is 1. The molecule has 2 amide bonds. The van der Waals surface area contributed by atoms with Crippen molar-refractivity contribution in [2.75, 3.05) is 36.9 Å². The molecule has 28 heavy (non-hydrogen) atoms. The molecule has 0 unspecified atom stereocenters. The zero-order valence-electron chi connectivity index (χ0n) is 16.0. The molecule has 0 saturated carbocycles. The van der Waals surface area contributed by atoms with E-state index in [1.165, 1.54) is 11.3 Å². The van der Waals surface area contributed by atoms with Crippen LogP contribution in [-0.2, 0) is 16.0 Å². The van der Waals surface area contributed by atoms with Crippen molar-refractivity contribution in [3.05, 3.63) is 41.4 Å². The standard InChI is InChI=1S/C20H26N4O3S/c1-23(19(27)7-6-18(26)22-20-21-10-13-28-20)11-8-15-4-2-3-5-17(15)24-12-9-16(25)14-24/h2-5,10,13,16,25H,6-9,11-12,14H2,1H3,(H,21,22,26)/t16-/m0/s1. The maximum Gasteiger partial charge on any atom is 0.226 e. The molecule has 1 aromatic carbocycles. The third-order valence-electron chi connectivity index (χ3n) is 4.88. The quantitative estimate of drug-likeness (QED) is 0.707. The van der Waals surface area contributed by atoms with Crippen LogP contribution in [0.3, 0.4) is 0 Å². The molecule has 2 N–H and O–H groups in total. The number of aromatic nitrogens is 1. The lowest BCUT2D eigenvalue weighted by Gasteiger charge is -2.23. The third kappa shape index (κ3) is 5.53. The van der Waals surface area contributed by atoms with Crippen molar-refractivity contribution in [3.63, 3.8) is 0 Å². The molecule has 1 atom stereocenters. The van der Waals surface area contributed by atoms with Crippen molar-refractivity contribution < 1.29 is 14.7 Å². The Morgan fingerprint density at radius 2 is 2.18 bits per heavy atom. The van der Waals surface area contributed by atoms with Crippen molar-refractivity contribution in [1.82, 2.24) is 9.88 Å². The predicted octanol–water partition coefficient (Wildman–Crippen LogP) is 2.13. The Morgan fingerprint density at radius 3 is 2.89 bits per heavy atom. The van der Waals surface area contributed by atoms with E-state index in [4.69, 9.17) is 0 Å². The van der Waals surface area contributed by atoms with Gasteiger partial charge in [-0.2, -0.15) is 0 Å². The summed E-state index contributed by atoms with van der Waals surface area (Å²) < 4.78 is 0. The van der Waals surface area contributed by atoms with Gasteiger partial charge in [-0.1, -0.05) is 18.2 Å². The number of carbonyl (C=O) groups excluding carboxylic acids is 2. The van der Waals surface area contributed by atoms with E-state index < -0.39 is 0 Å². The molecule has 8 heteroatoms. The van der Waals surface area contributed by atoms with Crippen LogP contribution in [0.2, 0.25) is 0 Å². The Kier molecular flexibility index (Phi) is 7.00. The van der Waals surface area contributed by atoms with Gasteiger partial charge in [0.2, 0.25) is 11.8 Å². The molecule has 1 aliphatic heterocycles. The topological polar surface area (TPSA) is 85.8 Å². The van der Waals surface area contributed by atoms with Crippen LogP contribution in [0.4, 0.5) is 10.8 Å². The number of benzene rings is 1.